The first-order chi connectivity index (χ1) is 16.6. The van der Waals surface area contributed by atoms with Crippen molar-refractivity contribution in [3.8, 4) is 11.4 Å². The highest BCUT2D eigenvalue weighted by molar-refractivity contribution is 6.30. The summed E-state index contributed by atoms with van der Waals surface area (Å²) in [7, 11) is 0. The van der Waals surface area contributed by atoms with E-state index in [2.05, 4.69) is 95.4 Å². The number of imidazole rings is 1. The Bertz CT molecular complexity index is 1200. The standard InChI is InChI=1S/C29H31ClN4/c1-21-27(32-29(31-21)25-11-7-4-8-12-25)22(2)33-17-19-34(20-18-33)28(23-9-5-3-6-10-23)24-13-15-26(30)16-14-24/h3-16,22,28H,17-20H2,1-2H3,(H,31,32). The number of benzene rings is 3. The lowest BCUT2D eigenvalue weighted by molar-refractivity contribution is 0.0826. The van der Waals surface area contributed by atoms with Gasteiger partial charge in [-0.2, -0.15) is 0 Å². The number of nitrogens with one attached hydrogen (secondary N) is 1. The van der Waals surface area contributed by atoms with E-state index < -0.39 is 0 Å². The van der Waals surface area contributed by atoms with E-state index in [-0.39, 0.29) is 12.1 Å². The summed E-state index contributed by atoms with van der Waals surface area (Å²) in [4.78, 5) is 13.6. The number of halogens is 1. The van der Waals surface area contributed by atoms with Crippen molar-refractivity contribution >= 4 is 11.6 Å². The molecular formula is C29H31ClN4. The second-order valence-electron chi connectivity index (χ2n) is 9.07. The molecule has 4 aromatic rings. The average molecular weight is 471 g/mol. The molecule has 2 heterocycles. The lowest BCUT2D eigenvalue weighted by atomic mass is 9.96. The molecule has 1 saturated heterocycles. The lowest BCUT2D eigenvalue weighted by Crippen LogP contribution is -2.48. The normalized spacial score (nSPS) is 16.9. The Morgan fingerprint density at radius 2 is 1.32 bits per heavy atom. The van der Waals surface area contributed by atoms with Gasteiger partial charge in [0.1, 0.15) is 5.82 Å². The molecule has 0 aliphatic carbocycles. The summed E-state index contributed by atoms with van der Waals surface area (Å²) in [5.41, 5.74) is 6.03. The van der Waals surface area contributed by atoms with E-state index in [0.717, 1.165) is 54.0 Å². The third-order valence-electron chi connectivity index (χ3n) is 6.93. The number of aromatic nitrogens is 2. The van der Waals surface area contributed by atoms with Gasteiger partial charge >= 0.3 is 0 Å². The Morgan fingerprint density at radius 3 is 1.97 bits per heavy atom. The molecule has 2 atom stereocenters. The summed E-state index contributed by atoms with van der Waals surface area (Å²) < 4.78 is 0. The highest BCUT2D eigenvalue weighted by atomic mass is 35.5. The smallest absolute Gasteiger partial charge is 0.137 e. The van der Waals surface area contributed by atoms with Crippen molar-refractivity contribution in [1.29, 1.82) is 0 Å². The number of nitrogens with zero attached hydrogens (tertiary/aromatic N) is 3. The highest BCUT2D eigenvalue weighted by Gasteiger charge is 2.29. The average Bonchev–Trinajstić information content (AvgIpc) is 3.28. The summed E-state index contributed by atoms with van der Waals surface area (Å²) in [5, 5.41) is 0.776. The SMILES string of the molecule is Cc1[nH]c(-c2ccccc2)nc1C(C)N1CCN(C(c2ccccc2)c2ccc(Cl)cc2)CC1. The van der Waals surface area contributed by atoms with Crippen molar-refractivity contribution in [2.24, 2.45) is 0 Å². The van der Waals surface area contributed by atoms with E-state index in [1.165, 1.54) is 11.1 Å². The van der Waals surface area contributed by atoms with Crippen molar-refractivity contribution in [3.63, 3.8) is 0 Å². The zero-order valence-electron chi connectivity index (χ0n) is 19.8. The van der Waals surface area contributed by atoms with Gasteiger partial charge in [0.2, 0.25) is 0 Å². The first-order valence-corrected chi connectivity index (χ1v) is 12.4. The second kappa shape index (κ2) is 10.1. The molecule has 0 bridgehead atoms. The molecule has 1 aliphatic heterocycles. The van der Waals surface area contributed by atoms with Gasteiger partial charge in [-0.1, -0.05) is 84.4 Å². The maximum atomic E-state index is 6.19. The van der Waals surface area contributed by atoms with Crippen LogP contribution >= 0.6 is 11.6 Å². The zero-order valence-corrected chi connectivity index (χ0v) is 20.5. The van der Waals surface area contributed by atoms with Crippen LogP contribution in [-0.4, -0.2) is 45.9 Å². The lowest BCUT2D eigenvalue weighted by Gasteiger charge is -2.41. The Morgan fingerprint density at radius 1 is 0.765 bits per heavy atom. The summed E-state index contributed by atoms with van der Waals surface area (Å²) in [6, 6.07) is 30.0. The fourth-order valence-electron chi connectivity index (χ4n) is 5.06. The van der Waals surface area contributed by atoms with Crippen molar-refractivity contribution < 1.29 is 0 Å². The molecule has 5 heteroatoms. The van der Waals surface area contributed by atoms with Gasteiger partial charge in [0.15, 0.2) is 0 Å². The van der Waals surface area contributed by atoms with Crippen LogP contribution in [0.3, 0.4) is 0 Å². The van der Waals surface area contributed by atoms with E-state index in [4.69, 9.17) is 16.6 Å². The number of aromatic amines is 1. The minimum Gasteiger partial charge on any atom is -0.342 e. The Hall–Kier alpha value is -2.92. The number of aryl methyl sites for hydroxylation is 1. The zero-order chi connectivity index (χ0) is 23.5. The Labute approximate surface area is 207 Å². The molecule has 0 spiro atoms. The van der Waals surface area contributed by atoms with Crippen LogP contribution < -0.4 is 0 Å². The van der Waals surface area contributed by atoms with Crippen molar-refractivity contribution in [2.75, 3.05) is 26.2 Å². The third-order valence-corrected chi connectivity index (χ3v) is 7.18. The van der Waals surface area contributed by atoms with Crippen LogP contribution in [0.2, 0.25) is 5.02 Å². The molecule has 1 N–H and O–H groups in total. The molecule has 3 aromatic carbocycles. The molecular weight excluding hydrogens is 440 g/mol. The van der Waals surface area contributed by atoms with E-state index >= 15 is 0 Å². The summed E-state index contributed by atoms with van der Waals surface area (Å²) >= 11 is 6.19. The number of hydrogen-bond donors (Lipinski definition) is 1. The maximum Gasteiger partial charge on any atom is 0.137 e. The van der Waals surface area contributed by atoms with Crippen LogP contribution in [0.5, 0.6) is 0 Å². The van der Waals surface area contributed by atoms with Gasteiger partial charge in [0, 0.05) is 42.5 Å². The van der Waals surface area contributed by atoms with Crippen molar-refractivity contribution in [1.82, 2.24) is 19.8 Å². The summed E-state index contributed by atoms with van der Waals surface area (Å²) in [5.74, 6) is 0.950. The van der Waals surface area contributed by atoms with Crippen LogP contribution in [0.1, 0.15) is 41.5 Å². The summed E-state index contributed by atoms with van der Waals surface area (Å²) in [6.45, 7) is 8.42. The van der Waals surface area contributed by atoms with Crippen LogP contribution in [-0.2, 0) is 0 Å². The number of rotatable bonds is 6. The van der Waals surface area contributed by atoms with E-state index in [1.54, 1.807) is 0 Å². The van der Waals surface area contributed by atoms with Crippen LogP contribution in [0.15, 0.2) is 84.9 Å². The molecule has 0 radical (unpaired) electrons. The molecule has 174 valence electrons. The molecule has 0 saturated carbocycles. The minimum atomic E-state index is 0.229. The Balaban J connectivity index is 1.32. The van der Waals surface area contributed by atoms with E-state index in [1.807, 2.05) is 18.2 Å². The Kier molecular flexibility index (Phi) is 6.82. The van der Waals surface area contributed by atoms with Crippen molar-refractivity contribution in [2.45, 2.75) is 25.9 Å². The van der Waals surface area contributed by atoms with Gasteiger partial charge in [-0.25, -0.2) is 4.98 Å². The van der Waals surface area contributed by atoms with Gasteiger partial charge < -0.3 is 4.98 Å². The number of hydrogen-bond acceptors (Lipinski definition) is 3. The minimum absolute atomic E-state index is 0.229. The highest BCUT2D eigenvalue weighted by Crippen LogP contribution is 2.32. The number of piperazine rings is 1. The predicted octanol–water partition coefficient (Wildman–Crippen LogP) is 6.51. The predicted molar refractivity (Wildman–Crippen MR) is 140 cm³/mol. The van der Waals surface area contributed by atoms with E-state index in [0.29, 0.717) is 0 Å². The fourth-order valence-corrected chi connectivity index (χ4v) is 5.19. The monoisotopic (exact) mass is 470 g/mol. The first-order valence-electron chi connectivity index (χ1n) is 12.0. The van der Waals surface area contributed by atoms with Gasteiger partial charge in [-0.3, -0.25) is 9.80 Å². The van der Waals surface area contributed by atoms with Gasteiger partial charge in [-0.05, 0) is 37.1 Å². The second-order valence-corrected chi connectivity index (χ2v) is 9.51. The van der Waals surface area contributed by atoms with Crippen LogP contribution in [0.25, 0.3) is 11.4 Å². The number of H-pyrrole nitrogens is 1. The van der Waals surface area contributed by atoms with Crippen LogP contribution in [0.4, 0.5) is 0 Å². The molecule has 1 aromatic heterocycles. The molecule has 5 rings (SSSR count). The topological polar surface area (TPSA) is 35.2 Å². The molecule has 0 amide bonds. The van der Waals surface area contributed by atoms with Crippen LogP contribution in [0, 0.1) is 6.92 Å². The van der Waals surface area contributed by atoms with Crippen molar-refractivity contribution in [3.05, 3.63) is 112 Å². The molecule has 4 nitrogen and oxygen atoms in total. The quantitative estimate of drug-likeness (QED) is 0.349. The first kappa shape index (κ1) is 22.9. The summed E-state index contributed by atoms with van der Waals surface area (Å²) in [6.07, 6.45) is 0. The van der Waals surface area contributed by atoms with Gasteiger partial charge in [-0.15, -0.1) is 0 Å². The molecule has 34 heavy (non-hydrogen) atoms. The molecule has 1 fully saturated rings. The van der Waals surface area contributed by atoms with E-state index in [9.17, 15) is 0 Å². The molecule has 1 aliphatic rings. The third kappa shape index (κ3) is 4.80. The largest absolute Gasteiger partial charge is 0.342 e. The maximum absolute atomic E-state index is 6.19. The van der Waals surface area contributed by atoms with Gasteiger partial charge in [0.25, 0.3) is 0 Å². The van der Waals surface area contributed by atoms with Gasteiger partial charge in [0.05, 0.1) is 17.8 Å². The molecule has 2 unspecified atom stereocenters. The fraction of sp³-hybridized carbons (Fsp3) is 0.276.